The van der Waals surface area contributed by atoms with Crippen LogP contribution in [-0.2, 0) is 0 Å². The van der Waals surface area contributed by atoms with Crippen molar-refractivity contribution in [2.75, 3.05) is 5.32 Å². The van der Waals surface area contributed by atoms with Gasteiger partial charge in [0.25, 0.3) is 5.69 Å². The first-order valence-electron chi connectivity index (χ1n) is 6.07. The van der Waals surface area contributed by atoms with Gasteiger partial charge in [-0.25, -0.2) is 8.78 Å². The van der Waals surface area contributed by atoms with Crippen LogP contribution in [0, 0.1) is 21.7 Å². The summed E-state index contributed by atoms with van der Waals surface area (Å²) in [4.78, 5) is 10.3. The van der Waals surface area contributed by atoms with E-state index in [0.717, 1.165) is 24.3 Å². The Morgan fingerprint density at radius 2 is 1.81 bits per heavy atom. The standard InChI is InChI=1S/C14H12F2N2O3/c1-8(9-4-10(15)6-11(16)5-9)17-13-3-2-12(19)7-14(13)18(20)21/h2-8,17,19H,1H3. The van der Waals surface area contributed by atoms with Crippen molar-refractivity contribution < 1.29 is 18.8 Å². The minimum atomic E-state index is -0.723. The summed E-state index contributed by atoms with van der Waals surface area (Å²) in [7, 11) is 0. The van der Waals surface area contributed by atoms with Crippen LogP contribution >= 0.6 is 0 Å². The Labute approximate surface area is 119 Å². The molecule has 0 saturated heterocycles. The van der Waals surface area contributed by atoms with Crippen LogP contribution in [0.2, 0.25) is 0 Å². The molecule has 0 spiro atoms. The van der Waals surface area contributed by atoms with E-state index in [1.54, 1.807) is 6.92 Å². The Balaban J connectivity index is 2.31. The van der Waals surface area contributed by atoms with Gasteiger partial charge in [0.15, 0.2) is 0 Å². The minimum Gasteiger partial charge on any atom is -0.508 e. The van der Waals surface area contributed by atoms with E-state index in [1.807, 2.05) is 0 Å². The third-order valence-corrected chi connectivity index (χ3v) is 2.93. The highest BCUT2D eigenvalue weighted by molar-refractivity contribution is 5.64. The predicted octanol–water partition coefficient (Wildman–Crippen LogP) is 3.75. The Hall–Kier alpha value is -2.70. The highest BCUT2D eigenvalue weighted by Gasteiger charge is 2.17. The van der Waals surface area contributed by atoms with E-state index in [1.165, 1.54) is 12.1 Å². The molecule has 7 heteroatoms. The summed E-state index contributed by atoms with van der Waals surface area (Å²) < 4.78 is 26.4. The number of nitrogens with zero attached hydrogens (tertiary/aromatic N) is 1. The van der Waals surface area contributed by atoms with Gasteiger partial charge in [-0.2, -0.15) is 0 Å². The average Bonchev–Trinajstić information content (AvgIpc) is 2.39. The molecule has 0 aliphatic rings. The van der Waals surface area contributed by atoms with Gasteiger partial charge >= 0.3 is 0 Å². The topological polar surface area (TPSA) is 75.4 Å². The molecule has 0 radical (unpaired) electrons. The van der Waals surface area contributed by atoms with Crippen LogP contribution in [0.1, 0.15) is 18.5 Å². The number of phenolic OH excluding ortho intramolecular Hbond substituents is 1. The number of halogens is 2. The fraction of sp³-hybridized carbons (Fsp3) is 0.143. The summed E-state index contributed by atoms with van der Waals surface area (Å²) in [5, 5.41) is 23.0. The third-order valence-electron chi connectivity index (χ3n) is 2.93. The zero-order valence-corrected chi connectivity index (χ0v) is 11.0. The van der Waals surface area contributed by atoms with Gasteiger partial charge in [0.1, 0.15) is 23.1 Å². The van der Waals surface area contributed by atoms with E-state index in [2.05, 4.69) is 5.32 Å². The van der Waals surface area contributed by atoms with Crippen LogP contribution in [-0.4, -0.2) is 10.0 Å². The van der Waals surface area contributed by atoms with E-state index in [-0.39, 0.29) is 17.1 Å². The van der Waals surface area contributed by atoms with Gasteiger partial charge in [0.2, 0.25) is 0 Å². The second-order valence-electron chi connectivity index (χ2n) is 4.53. The molecule has 110 valence electrons. The van der Waals surface area contributed by atoms with Crippen molar-refractivity contribution in [1.82, 2.24) is 0 Å². The summed E-state index contributed by atoms with van der Waals surface area (Å²) in [6, 6.07) is 6.10. The van der Waals surface area contributed by atoms with Gasteiger partial charge in [0.05, 0.1) is 11.0 Å². The molecule has 2 N–H and O–H groups in total. The molecule has 0 aliphatic carbocycles. The maximum absolute atomic E-state index is 13.2. The largest absolute Gasteiger partial charge is 0.508 e. The predicted molar refractivity (Wildman–Crippen MR) is 73.2 cm³/mol. The molecule has 2 aromatic carbocycles. The highest BCUT2D eigenvalue weighted by atomic mass is 19.1. The molecule has 1 atom stereocenters. The molecule has 21 heavy (non-hydrogen) atoms. The van der Waals surface area contributed by atoms with Crippen molar-refractivity contribution in [3.05, 3.63) is 63.7 Å². The van der Waals surface area contributed by atoms with E-state index in [9.17, 15) is 24.0 Å². The molecule has 1 unspecified atom stereocenters. The normalized spacial score (nSPS) is 12.0. The average molecular weight is 294 g/mol. The lowest BCUT2D eigenvalue weighted by Gasteiger charge is -2.16. The van der Waals surface area contributed by atoms with Crippen LogP contribution in [0.5, 0.6) is 5.75 Å². The zero-order valence-electron chi connectivity index (χ0n) is 11.0. The zero-order chi connectivity index (χ0) is 15.6. The van der Waals surface area contributed by atoms with Gasteiger partial charge in [-0.3, -0.25) is 10.1 Å². The molecule has 0 aromatic heterocycles. The number of nitrogens with one attached hydrogen (secondary N) is 1. The summed E-state index contributed by atoms with van der Waals surface area (Å²) >= 11 is 0. The van der Waals surface area contributed by atoms with Crippen LogP contribution in [0.4, 0.5) is 20.2 Å². The third kappa shape index (κ3) is 3.44. The summed E-state index contributed by atoms with van der Waals surface area (Å²) in [5.41, 5.74) is 0.142. The van der Waals surface area contributed by atoms with Crippen LogP contribution in [0.15, 0.2) is 36.4 Å². The number of hydrogen-bond acceptors (Lipinski definition) is 4. The Bertz CT molecular complexity index is 672. The number of benzene rings is 2. The van der Waals surface area contributed by atoms with Crippen LogP contribution in [0.3, 0.4) is 0 Å². The second kappa shape index (κ2) is 5.74. The van der Waals surface area contributed by atoms with E-state index < -0.39 is 22.6 Å². The number of anilines is 1. The maximum Gasteiger partial charge on any atom is 0.296 e. The van der Waals surface area contributed by atoms with E-state index in [0.29, 0.717) is 5.56 Å². The lowest BCUT2D eigenvalue weighted by molar-refractivity contribution is -0.384. The first-order chi connectivity index (χ1) is 9.86. The lowest BCUT2D eigenvalue weighted by atomic mass is 10.1. The minimum absolute atomic E-state index is 0.148. The quantitative estimate of drug-likeness (QED) is 0.511. The SMILES string of the molecule is CC(Nc1ccc(O)cc1[N+](=O)[O-])c1cc(F)cc(F)c1. The van der Waals surface area contributed by atoms with Crippen molar-refractivity contribution >= 4 is 11.4 Å². The fourth-order valence-corrected chi connectivity index (χ4v) is 1.93. The van der Waals surface area contributed by atoms with Crippen LogP contribution in [0.25, 0.3) is 0 Å². The molecular formula is C14H12F2N2O3. The Kier molecular flexibility index (Phi) is 4.02. The smallest absolute Gasteiger partial charge is 0.296 e. The monoisotopic (exact) mass is 294 g/mol. The number of nitro groups is 1. The molecule has 0 amide bonds. The lowest BCUT2D eigenvalue weighted by Crippen LogP contribution is -2.09. The Morgan fingerprint density at radius 1 is 1.19 bits per heavy atom. The molecule has 0 heterocycles. The Morgan fingerprint density at radius 3 is 2.38 bits per heavy atom. The summed E-state index contributed by atoms with van der Waals surface area (Å²) in [6.07, 6.45) is 0. The molecule has 0 fully saturated rings. The highest BCUT2D eigenvalue weighted by Crippen LogP contribution is 2.31. The van der Waals surface area contributed by atoms with Gasteiger partial charge in [-0.05, 0) is 36.8 Å². The number of rotatable bonds is 4. The van der Waals surface area contributed by atoms with Crippen molar-refractivity contribution in [3.8, 4) is 5.75 Å². The molecule has 2 aromatic rings. The number of aromatic hydroxyl groups is 1. The fourth-order valence-electron chi connectivity index (χ4n) is 1.93. The van der Waals surface area contributed by atoms with Crippen molar-refractivity contribution in [1.29, 1.82) is 0 Å². The van der Waals surface area contributed by atoms with Crippen LogP contribution < -0.4 is 5.32 Å². The van der Waals surface area contributed by atoms with E-state index in [4.69, 9.17) is 0 Å². The molecule has 5 nitrogen and oxygen atoms in total. The first kappa shape index (κ1) is 14.7. The van der Waals surface area contributed by atoms with Gasteiger partial charge < -0.3 is 10.4 Å². The molecule has 0 bridgehead atoms. The summed E-state index contributed by atoms with van der Waals surface area (Å²) in [5.74, 6) is -1.69. The van der Waals surface area contributed by atoms with E-state index >= 15 is 0 Å². The maximum atomic E-state index is 13.2. The van der Waals surface area contributed by atoms with Crippen molar-refractivity contribution in [2.45, 2.75) is 13.0 Å². The number of nitro benzene ring substituents is 1. The molecule has 0 aliphatic heterocycles. The summed E-state index contributed by atoms with van der Waals surface area (Å²) in [6.45, 7) is 1.62. The second-order valence-corrected chi connectivity index (χ2v) is 4.53. The molecule has 0 saturated carbocycles. The number of phenols is 1. The van der Waals surface area contributed by atoms with Gasteiger partial charge in [0, 0.05) is 12.1 Å². The van der Waals surface area contributed by atoms with Gasteiger partial charge in [-0.1, -0.05) is 0 Å². The van der Waals surface area contributed by atoms with Crippen molar-refractivity contribution in [3.63, 3.8) is 0 Å². The van der Waals surface area contributed by atoms with Crippen molar-refractivity contribution in [2.24, 2.45) is 0 Å². The molecule has 2 rings (SSSR count). The molecular weight excluding hydrogens is 282 g/mol. The van der Waals surface area contributed by atoms with Gasteiger partial charge in [-0.15, -0.1) is 0 Å². The number of hydrogen-bond donors (Lipinski definition) is 2. The first-order valence-corrected chi connectivity index (χ1v) is 6.07.